The van der Waals surface area contributed by atoms with Gasteiger partial charge >= 0.3 is 0 Å². The standard InChI is InChI=1S/C27H19NO6/c1-33-17-13-11-16(12-14-17)28-25(31)20-21(26(28)32)27(34-22(20)15-7-3-2-4-8-15)23(29)18-9-5-6-10-19(18)24(27)30/h2-14,20-22H,1H3/t20-,21-,22+/m0/s1. The summed E-state index contributed by atoms with van der Waals surface area (Å²) >= 11 is 0. The van der Waals surface area contributed by atoms with Crippen molar-refractivity contribution in [1.82, 2.24) is 0 Å². The zero-order valence-electron chi connectivity index (χ0n) is 18.1. The van der Waals surface area contributed by atoms with Crippen LogP contribution in [0.25, 0.3) is 0 Å². The van der Waals surface area contributed by atoms with Crippen LogP contribution >= 0.6 is 0 Å². The van der Waals surface area contributed by atoms with Crippen molar-refractivity contribution in [3.8, 4) is 5.75 Å². The van der Waals surface area contributed by atoms with Crippen LogP contribution in [0, 0.1) is 11.8 Å². The van der Waals surface area contributed by atoms with E-state index in [1.807, 2.05) is 6.07 Å². The summed E-state index contributed by atoms with van der Waals surface area (Å²) in [6.07, 6.45) is -0.923. The number of carbonyl (C=O) groups is 4. The van der Waals surface area contributed by atoms with Crippen LogP contribution in [-0.2, 0) is 14.3 Å². The highest BCUT2D eigenvalue weighted by Crippen LogP contribution is 2.57. The monoisotopic (exact) mass is 453 g/mol. The quantitative estimate of drug-likeness (QED) is 0.446. The molecule has 0 bridgehead atoms. The summed E-state index contributed by atoms with van der Waals surface area (Å²) in [6.45, 7) is 0. The highest BCUT2D eigenvalue weighted by atomic mass is 16.5. The molecule has 1 aliphatic carbocycles. The van der Waals surface area contributed by atoms with Crippen LogP contribution < -0.4 is 9.64 Å². The number of carbonyl (C=O) groups excluding carboxylic acids is 4. The van der Waals surface area contributed by atoms with E-state index < -0.39 is 46.9 Å². The van der Waals surface area contributed by atoms with Crippen molar-refractivity contribution in [3.05, 3.63) is 95.6 Å². The fourth-order valence-electron chi connectivity index (χ4n) is 5.45. The molecule has 3 aliphatic rings. The van der Waals surface area contributed by atoms with Crippen molar-refractivity contribution in [1.29, 1.82) is 0 Å². The second-order valence-electron chi connectivity index (χ2n) is 8.60. The smallest absolute Gasteiger partial charge is 0.241 e. The molecule has 3 aromatic rings. The molecule has 34 heavy (non-hydrogen) atoms. The number of hydrogen-bond acceptors (Lipinski definition) is 6. The SMILES string of the molecule is COc1ccc(N2C(=O)[C@@H]3[C@@H](c4ccccc4)OC4(C(=O)c5ccccc5C4=O)[C@@H]3C2=O)cc1. The van der Waals surface area contributed by atoms with E-state index in [2.05, 4.69) is 0 Å². The van der Waals surface area contributed by atoms with Gasteiger partial charge in [-0.15, -0.1) is 0 Å². The Morgan fingerprint density at radius 1 is 0.765 bits per heavy atom. The van der Waals surface area contributed by atoms with Gasteiger partial charge in [-0.3, -0.25) is 19.2 Å². The van der Waals surface area contributed by atoms with Gasteiger partial charge in [0.2, 0.25) is 29.0 Å². The zero-order valence-corrected chi connectivity index (χ0v) is 18.1. The van der Waals surface area contributed by atoms with Crippen molar-refractivity contribution in [2.45, 2.75) is 11.7 Å². The summed E-state index contributed by atoms with van der Waals surface area (Å²) < 4.78 is 11.4. The van der Waals surface area contributed by atoms with Crippen molar-refractivity contribution in [2.24, 2.45) is 11.8 Å². The van der Waals surface area contributed by atoms with Gasteiger partial charge in [-0.1, -0.05) is 54.6 Å². The van der Waals surface area contributed by atoms with Crippen LogP contribution in [0.15, 0.2) is 78.9 Å². The molecule has 0 saturated carbocycles. The molecule has 0 aromatic heterocycles. The molecule has 168 valence electrons. The number of anilines is 1. The Balaban J connectivity index is 1.52. The number of rotatable bonds is 3. The lowest BCUT2D eigenvalue weighted by Crippen LogP contribution is -2.51. The second kappa shape index (κ2) is 7.20. The van der Waals surface area contributed by atoms with E-state index in [4.69, 9.17) is 9.47 Å². The van der Waals surface area contributed by atoms with Crippen LogP contribution in [0.2, 0.25) is 0 Å². The van der Waals surface area contributed by atoms with Crippen molar-refractivity contribution in [3.63, 3.8) is 0 Å². The van der Waals surface area contributed by atoms with Crippen LogP contribution in [0.5, 0.6) is 5.75 Å². The number of ketones is 2. The number of fused-ring (bicyclic) bond motifs is 3. The summed E-state index contributed by atoms with van der Waals surface area (Å²) in [6, 6.07) is 21.9. The maximum absolute atomic E-state index is 13.8. The van der Waals surface area contributed by atoms with E-state index in [1.165, 1.54) is 7.11 Å². The fraction of sp³-hybridized carbons (Fsp3) is 0.185. The summed E-state index contributed by atoms with van der Waals surface area (Å²) in [5, 5.41) is 0. The minimum Gasteiger partial charge on any atom is -0.497 e. The summed E-state index contributed by atoms with van der Waals surface area (Å²) in [4.78, 5) is 56.0. The number of nitrogens with zero attached hydrogens (tertiary/aromatic N) is 1. The molecule has 0 radical (unpaired) electrons. The molecule has 2 amide bonds. The van der Waals surface area contributed by atoms with Gasteiger partial charge < -0.3 is 9.47 Å². The third-order valence-corrected chi connectivity index (χ3v) is 6.98. The number of Topliss-reactive ketones (excluding diaryl/α,β-unsaturated/α-hetero) is 2. The molecule has 6 rings (SSSR count). The molecule has 2 fully saturated rings. The van der Waals surface area contributed by atoms with Crippen molar-refractivity contribution < 1.29 is 28.7 Å². The molecular formula is C27H19NO6. The first-order chi connectivity index (χ1) is 16.5. The predicted octanol–water partition coefficient (Wildman–Crippen LogP) is 3.39. The van der Waals surface area contributed by atoms with Crippen LogP contribution in [0.4, 0.5) is 5.69 Å². The normalized spacial score (nSPS) is 24.6. The summed E-state index contributed by atoms with van der Waals surface area (Å²) in [5.74, 6) is -3.96. The Morgan fingerprint density at radius 3 is 1.94 bits per heavy atom. The molecule has 2 heterocycles. The lowest BCUT2D eigenvalue weighted by molar-refractivity contribution is -0.127. The molecule has 7 nitrogen and oxygen atoms in total. The summed E-state index contributed by atoms with van der Waals surface area (Å²) in [7, 11) is 1.52. The molecule has 0 unspecified atom stereocenters. The highest BCUT2D eigenvalue weighted by Gasteiger charge is 2.74. The van der Waals surface area contributed by atoms with Gasteiger partial charge in [0.05, 0.1) is 30.7 Å². The summed E-state index contributed by atoms with van der Waals surface area (Å²) in [5.41, 5.74) is -0.666. The molecule has 3 atom stereocenters. The van der Waals surface area contributed by atoms with Gasteiger partial charge in [-0.2, -0.15) is 0 Å². The molecular weight excluding hydrogens is 434 g/mol. The Kier molecular flexibility index (Phi) is 4.34. The highest BCUT2D eigenvalue weighted by molar-refractivity contribution is 6.37. The van der Waals surface area contributed by atoms with Crippen molar-refractivity contribution >= 4 is 29.1 Å². The van der Waals surface area contributed by atoms with Crippen molar-refractivity contribution in [2.75, 3.05) is 12.0 Å². The molecule has 1 spiro atoms. The zero-order chi connectivity index (χ0) is 23.6. The third-order valence-electron chi connectivity index (χ3n) is 6.98. The Morgan fingerprint density at radius 2 is 1.35 bits per heavy atom. The number of hydrogen-bond donors (Lipinski definition) is 0. The van der Waals surface area contributed by atoms with E-state index in [-0.39, 0.29) is 11.1 Å². The van der Waals surface area contributed by atoms with E-state index >= 15 is 0 Å². The fourth-order valence-corrected chi connectivity index (χ4v) is 5.45. The average Bonchev–Trinajstić information content (AvgIpc) is 3.45. The Labute approximate surface area is 194 Å². The average molecular weight is 453 g/mol. The first-order valence-electron chi connectivity index (χ1n) is 10.9. The van der Waals surface area contributed by atoms with Crippen LogP contribution in [0.3, 0.4) is 0 Å². The first kappa shape index (κ1) is 20.5. The molecule has 2 saturated heterocycles. The number of methoxy groups -OCH3 is 1. The van der Waals surface area contributed by atoms with Gasteiger partial charge in [0.15, 0.2) is 0 Å². The minimum atomic E-state index is -2.07. The van der Waals surface area contributed by atoms with Gasteiger partial charge in [0.25, 0.3) is 0 Å². The number of amides is 2. The van der Waals surface area contributed by atoms with E-state index in [1.54, 1.807) is 72.8 Å². The lowest BCUT2D eigenvalue weighted by atomic mass is 9.77. The maximum Gasteiger partial charge on any atom is 0.241 e. The molecule has 0 N–H and O–H groups in total. The third kappa shape index (κ3) is 2.50. The predicted molar refractivity (Wildman–Crippen MR) is 121 cm³/mol. The van der Waals surface area contributed by atoms with E-state index in [0.29, 0.717) is 17.0 Å². The van der Waals surface area contributed by atoms with Gasteiger partial charge in [-0.05, 0) is 29.8 Å². The molecule has 3 aromatic carbocycles. The van der Waals surface area contributed by atoms with E-state index in [9.17, 15) is 19.2 Å². The number of ether oxygens (including phenoxy) is 2. The number of imide groups is 1. The van der Waals surface area contributed by atoms with Crippen LogP contribution in [0.1, 0.15) is 32.4 Å². The second-order valence-corrected chi connectivity index (χ2v) is 8.60. The van der Waals surface area contributed by atoms with Gasteiger partial charge in [-0.25, -0.2) is 4.90 Å². The van der Waals surface area contributed by atoms with Crippen LogP contribution in [-0.4, -0.2) is 36.1 Å². The molecule has 2 aliphatic heterocycles. The van der Waals surface area contributed by atoms with Gasteiger partial charge in [0, 0.05) is 11.1 Å². The Hall–Kier alpha value is -4.10. The molecule has 7 heteroatoms. The lowest BCUT2D eigenvalue weighted by Gasteiger charge is -2.27. The van der Waals surface area contributed by atoms with Gasteiger partial charge in [0.1, 0.15) is 5.75 Å². The maximum atomic E-state index is 13.8. The van der Waals surface area contributed by atoms with E-state index in [0.717, 1.165) is 4.90 Å². The number of benzene rings is 3. The largest absolute Gasteiger partial charge is 0.497 e. The Bertz CT molecular complexity index is 1330. The topological polar surface area (TPSA) is 90.0 Å². The first-order valence-corrected chi connectivity index (χ1v) is 10.9. The minimum absolute atomic E-state index is 0.211.